The third-order valence-electron chi connectivity index (χ3n) is 2.98. The van der Waals surface area contributed by atoms with Crippen molar-refractivity contribution in [3.05, 3.63) is 58.6 Å². The van der Waals surface area contributed by atoms with E-state index in [0.717, 1.165) is 0 Å². The number of carbonyl (C=O) groups excluding carboxylic acids is 3. The molecule has 0 saturated carbocycles. The zero-order chi connectivity index (χ0) is 18.4. The highest BCUT2D eigenvalue weighted by Gasteiger charge is 2.15. The first kappa shape index (κ1) is 17.6. The third kappa shape index (κ3) is 5.13. The summed E-state index contributed by atoms with van der Waals surface area (Å²) in [6.45, 7) is 1.35. The molecule has 0 heterocycles. The third-order valence-corrected chi connectivity index (χ3v) is 2.98. The molecule has 0 spiro atoms. The number of hydrogen-bond donors (Lipinski definition) is 3. The molecule has 128 valence electrons. The van der Waals surface area contributed by atoms with Crippen molar-refractivity contribution in [2.45, 2.75) is 6.92 Å². The van der Waals surface area contributed by atoms with Gasteiger partial charge in [0.25, 0.3) is 5.69 Å². The Balaban J connectivity index is 1.99. The van der Waals surface area contributed by atoms with Crippen LogP contribution in [0.15, 0.2) is 48.5 Å². The van der Waals surface area contributed by atoms with E-state index in [-0.39, 0.29) is 17.3 Å². The maximum atomic E-state index is 11.9. The summed E-state index contributed by atoms with van der Waals surface area (Å²) in [5.41, 5.74) is 0.922. The van der Waals surface area contributed by atoms with E-state index < -0.39 is 16.7 Å². The molecule has 0 bridgehead atoms. The lowest BCUT2D eigenvalue weighted by molar-refractivity contribution is -0.384. The fourth-order valence-corrected chi connectivity index (χ4v) is 1.92. The molecule has 0 radical (unpaired) electrons. The van der Waals surface area contributed by atoms with Crippen LogP contribution in [0.3, 0.4) is 0 Å². The summed E-state index contributed by atoms with van der Waals surface area (Å²) in [5.74, 6) is -2.11. The second kappa shape index (κ2) is 7.68. The maximum absolute atomic E-state index is 11.9. The molecule has 0 aliphatic carbocycles. The Morgan fingerprint density at radius 2 is 1.36 bits per heavy atom. The van der Waals surface area contributed by atoms with Gasteiger partial charge in [-0.3, -0.25) is 24.5 Å². The molecular formula is C16H14N4O5. The standard InChI is InChI=1S/C16H14N4O5/c1-10(21)17-12-3-2-4-13(9-12)19-16(23)15(22)18-11-5-7-14(8-6-11)20(24)25/h2-9H,1H3,(H,17,21)(H,18,22)(H,19,23). The average molecular weight is 342 g/mol. The zero-order valence-corrected chi connectivity index (χ0v) is 13.1. The van der Waals surface area contributed by atoms with Crippen molar-refractivity contribution in [2.24, 2.45) is 0 Å². The van der Waals surface area contributed by atoms with Crippen LogP contribution in [0.5, 0.6) is 0 Å². The van der Waals surface area contributed by atoms with Crippen LogP contribution in [0.2, 0.25) is 0 Å². The summed E-state index contributed by atoms with van der Waals surface area (Å²) in [4.78, 5) is 44.8. The van der Waals surface area contributed by atoms with Gasteiger partial charge in [0, 0.05) is 36.1 Å². The topological polar surface area (TPSA) is 130 Å². The first-order chi connectivity index (χ1) is 11.8. The average Bonchev–Trinajstić information content (AvgIpc) is 2.55. The molecule has 0 aliphatic heterocycles. The van der Waals surface area contributed by atoms with Crippen molar-refractivity contribution in [3.8, 4) is 0 Å². The van der Waals surface area contributed by atoms with Gasteiger partial charge >= 0.3 is 11.8 Å². The van der Waals surface area contributed by atoms with E-state index >= 15 is 0 Å². The molecule has 0 saturated heterocycles. The van der Waals surface area contributed by atoms with Crippen LogP contribution in [-0.2, 0) is 14.4 Å². The van der Waals surface area contributed by atoms with Gasteiger partial charge in [-0.05, 0) is 30.3 Å². The predicted octanol–water partition coefficient (Wildman–Crippen LogP) is 2.13. The van der Waals surface area contributed by atoms with Gasteiger partial charge in [-0.25, -0.2) is 0 Å². The normalized spacial score (nSPS) is 9.80. The van der Waals surface area contributed by atoms with Crippen molar-refractivity contribution < 1.29 is 19.3 Å². The lowest BCUT2D eigenvalue weighted by atomic mass is 10.2. The van der Waals surface area contributed by atoms with Crippen LogP contribution in [0.4, 0.5) is 22.7 Å². The number of hydrogen-bond acceptors (Lipinski definition) is 5. The quantitative estimate of drug-likeness (QED) is 0.445. The Morgan fingerprint density at radius 3 is 1.88 bits per heavy atom. The summed E-state index contributed by atoms with van der Waals surface area (Å²) in [5, 5.41) is 17.9. The van der Waals surface area contributed by atoms with E-state index in [4.69, 9.17) is 0 Å². The molecule has 9 nitrogen and oxygen atoms in total. The molecule has 0 fully saturated rings. The molecule has 3 N–H and O–H groups in total. The Hall–Kier alpha value is -3.75. The number of non-ortho nitro benzene ring substituents is 1. The van der Waals surface area contributed by atoms with Crippen LogP contribution >= 0.6 is 0 Å². The number of nitro benzene ring substituents is 1. The summed E-state index contributed by atoms with van der Waals surface area (Å²) in [6.07, 6.45) is 0. The molecule has 0 aromatic heterocycles. The summed E-state index contributed by atoms with van der Waals surface area (Å²) < 4.78 is 0. The number of benzene rings is 2. The van der Waals surface area contributed by atoms with Gasteiger partial charge in [0.05, 0.1) is 4.92 Å². The van der Waals surface area contributed by atoms with Gasteiger partial charge in [0.2, 0.25) is 5.91 Å². The first-order valence-electron chi connectivity index (χ1n) is 7.09. The fraction of sp³-hybridized carbons (Fsp3) is 0.0625. The van der Waals surface area contributed by atoms with Gasteiger partial charge < -0.3 is 16.0 Å². The number of nitrogens with one attached hydrogen (secondary N) is 3. The molecule has 0 aliphatic rings. The lowest BCUT2D eigenvalue weighted by Crippen LogP contribution is -2.29. The molecule has 2 rings (SSSR count). The first-order valence-corrected chi connectivity index (χ1v) is 7.09. The molecule has 3 amide bonds. The number of nitro groups is 1. The van der Waals surface area contributed by atoms with Crippen molar-refractivity contribution in [3.63, 3.8) is 0 Å². The minimum absolute atomic E-state index is 0.128. The lowest BCUT2D eigenvalue weighted by Gasteiger charge is -2.08. The van der Waals surface area contributed by atoms with E-state index in [2.05, 4.69) is 16.0 Å². The van der Waals surface area contributed by atoms with Crippen LogP contribution in [-0.4, -0.2) is 22.6 Å². The number of anilines is 3. The Bertz CT molecular complexity index is 833. The molecule has 0 unspecified atom stereocenters. The molecule has 2 aromatic carbocycles. The van der Waals surface area contributed by atoms with E-state index in [9.17, 15) is 24.5 Å². The zero-order valence-electron chi connectivity index (χ0n) is 13.1. The largest absolute Gasteiger partial charge is 0.326 e. The number of amides is 3. The van der Waals surface area contributed by atoms with Crippen molar-refractivity contribution >= 4 is 40.5 Å². The smallest absolute Gasteiger partial charge is 0.314 e. The summed E-state index contributed by atoms with van der Waals surface area (Å²) in [6, 6.07) is 11.4. The Labute approximate surface area is 142 Å². The predicted molar refractivity (Wildman–Crippen MR) is 91.1 cm³/mol. The van der Waals surface area contributed by atoms with Gasteiger partial charge in [-0.2, -0.15) is 0 Å². The van der Waals surface area contributed by atoms with Crippen LogP contribution in [0.1, 0.15) is 6.92 Å². The fourth-order valence-electron chi connectivity index (χ4n) is 1.92. The van der Waals surface area contributed by atoms with E-state index in [0.29, 0.717) is 11.4 Å². The SMILES string of the molecule is CC(=O)Nc1cccc(NC(=O)C(=O)Nc2ccc([N+](=O)[O-])cc2)c1. The monoisotopic (exact) mass is 342 g/mol. The Kier molecular flexibility index (Phi) is 5.41. The number of rotatable bonds is 4. The molecular weight excluding hydrogens is 328 g/mol. The highest BCUT2D eigenvalue weighted by atomic mass is 16.6. The molecule has 9 heteroatoms. The van der Waals surface area contributed by atoms with E-state index in [1.54, 1.807) is 18.2 Å². The highest BCUT2D eigenvalue weighted by Crippen LogP contribution is 2.17. The number of carbonyl (C=O) groups is 3. The van der Waals surface area contributed by atoms with Crippen molar-refractivity contribution in [2.75, 3.05) is 16.0 Å². The van der Waals surface area contributed by atoms with Crippen LogP contribution in [0.25, 0.3) is 0 Å². The molecule has 25 heavy (non-hydrogen) atoms. The van der Waals surface area contributed by atoms with Gasteiger partial charge in [0.15, 0.2) is 0 Å². The second-order valence-corrected chi connectivity index (χ2v) is 4.97. The van der Waals surface area contributed by atoms with Gasteiger partial charge in [0.1, 0.15) is 0 Å². The van der Waals surface area contributed by atoms with Crippen LogP contribution in [0, 0.1) is 10.1 Å². The second-order valence-electron chi connectivity index (χ2n) is 4.97. The van der Waals surface area contributed by atoms with E-state index in [1.807, 2.05) is 0 Å². The van der Waals surface area contributed by atoms with Crippen molar-refractivity contribution in [1.82, 2.24) is 0 Å². The van der Waals surface area contributed by atoms with Crippen molar-refractivity contribution in [1.29, 1.82) is 0 Å². The van der Waals surface area contributed by atoms with Gasteiger partial charge in [-0.15, -0.1) is 0 Å². The Morgan fingerprint density at radius 1 is 0.840 bits per heavy atom. The molecule has 2 aromatic rings. The highest BCUT2D eigenvalue weighted by molar-refractivity contribution is 6.43. The minimum Gasteiger partial charge on any atom is -0.326 e. The van der Waals surface area contributed by atoms with Crippen LogP contribution < -0.4 is 16.0 Å². The summed E-state index contributed by atoms with van der Waals surface area (Å²) in [7, 11) is 0. The molecule has 0 atom stereocenters. The maximum Gasteiger partial charge on any atom is 0.314 e. The van der Waals surface area contributed by atoms with Gasteiger partial charge in [-0.1, -0.05) is 6.07 Å². The minimum atomic E-state index is -0.932. The summed E-state index contributed by atoms with van der Waals surface area (Å²) >= 11 is 0. The van der Waals surface area contributed by atoms with E-state index in [1.165, 1.54) is 37.3 Å². The number of nitrogens with zero attached hydrogens (tertiary/aromatic N) is 1.